The predicted molar refractivity (Wildman–Crippen MR) is 70.6 cm³/mol. The van der Waals surface area contributed by atoms with E-state index in [2.05, 4.69) is 25.9 Å². The van der Waals surface area contributed by atoms with E-state index in [-0.39, 0.29) is 5.75 Å². The first-order chi connectivity index (χ1) is 8.15. The van der Waals surface area contributed by atoms with Crippen molar-refractivity contribution in [2.75, 3.05) is 0 Å². The minimum absolute atomic E-state index is 0.230. The maximum absolute atomic E-state index is 9.66. The molecule has 2 N–H and O–H groups in total. The molecule has 4 heteroatoms. The van der Waals surface area contributed by atoms with Gasteiger partial charge in [-0.15, -0.1) is 0 Å². The third kappa shape index (κ3) is 3.14. The minimum atomic E-state index is 0.230. The third-order valence-corrected chi connectivity index (χ3v) is 2.75. The van der Waals surface area contributed by atoms with Gasteiger partial charge in [0.25, 0.3) is 0 Å². The summed E-state index contributed by atoms with van der Waals surface area (Å²) in [5, 5.41) is 9.66. The lowest BCUT2D eigenvalue weighted by atomic mass is 10.2. The lowest BCUT2D eigenvalue weighted by molar-refractivity contribution is -0.352. The van der Waals surface area contributed by atoms with Gasteiger partial charge >= 0.3 is 5.82 Å². The lowest BCUT2D eigenvalue weighted by Gasteiger charge is -1.97. The first kappa shape index (κ1) is 11.8. The van der Waals surface area contributed by atoms with Gasteiger partial charge in [-0.05, 0) is 35.3 Å². The zero-order chi connectivity index (χ0) is 12.3. The summed E-state index contributed by atoms with van der Waals surface area (Å²) in [5.41, 5.74) is 1.66. The fourth-order valence-electron chi connectivity index (χ4n) is 1.42. The molecule has 0 aliphatic carbocycles. The number of rotatable bonds is 2. The molecule has 2 aromatic rings. The molecule has 0 aliphatic rings. The number of phenolic OH excluding ortho intramolecular Hbond substituents is 1. The van der Waals surface area contributed by atoms with Crippen LogP contribution in [-0.2, 0) is 0 Å². The van der Waals surface area contributed by atoms with Crippen molar-refractivity contribution in [3.8, 4) is 5.75 Å². The molecule has 86 valence electrons. The molecule has 0 radical (unpaired) electrons. The Balaban J connectivity index is 2.29. The average Bonchev–Trinajstić information content (AvgIpc) is 2.30. The highest BCUT2D eigenvalue weighted by molar-refractivity contribution is 9.10. The number of benzene rings is 1. The molecule has 17 heavy (non-hydrogen) atoms. The van der Waals surface area contributed by atoms with Gasteiger partial charge in [0, 0.05) is 17.5 Å². The number of aromatic hydroxyl groups is 1. The Bertz CT molecular complexity index is 567. The van der Waals surface area contributed by atoms with Crippen LogP contribution in [0.25, 0.3) is 0 Å². The summed E-state index contributed by atoms with van der Waals surface area (Å²) in [4.78, 5) is 7.36. The van der Waals surface area contributed by atoms with Crippen LogP contribution < -0.4 is 4.99 Å². The van der Waals surface area contributed by atoms with Gasteiger partial charge in [0.2, 0.25) is 0 Å². The summed E-state index contributed by atoms with van der Waals surface area (Å²) in [6.07, 6.45) is 1.72. The summed E-state index contributed by atoms with van der Waals surface area (Å²) in [6, 6.07) is 11.0. The molecule has 0 fully saturated rings. The van der Waals surface area contributed by atoms with E-state index in [1.807, 2.05) is 31.2 Å². The number of nitrogens with zero attached hydrogens (tertiary/aromatic N) is 1. The molecule has 0 aliphatic heterocycles. The van der Waals surface area contributed by atoms with Gasteiger partial charge in [0.05, 0.1) is 11.8 Å². The number of aromatic nitrogens is 1. The predicted octanol–water partition coefficient (Wildman–Crippen LogP) is 1.69. The Labute approximate surface area is 108 Å². The highest BCUT2D eigenvalue weighted by Crippen LogP contribution is 2.19. The van der Waals surface area contributed by atoms with E-state index in [4.69, 9.17) is 0 Å². The number of hydrogen-bond donors (Lipinski definition) is 2. The fourth-order valence-corrected chi connectivity index (χ4v) is 1.79. The smallest absolute Gasteiger partial charge is 0.321 e. The van der Waals surface area contributed by atoms with E-state index >= 15 is 0 Å². The normalized spacial score (nSPS) is 10.9. The quantitative estimate of drug-likeness (QED) is 0.828. The first-order valence-corrected chi connectivity index (χ1v) is 5.96. The highest BCUT2D eigenvalue weighted by Gasteiger charge is 2.02. The molecular formula is C13H12BrN2O+. The van der Waals surface area contributed by atoms with Gasteiger partial charge in [-0.2, -0.15) is 0 Å². The van der Waals surface area contributed by atoms with Crippen LogP contribution in [0.15, 0.2) is 40.9 Å². The van der Waals surface area contributed by atoms with E-state index in [0.29, 0.717) is 5.56 Å². The second-order valence-electron chi connectivity index (χ2n) is 3.66. The van der Waals surface area contributed by atoms with Gasteiger partial charge in [-0.25, -0.2) is 4.99 Å². The second kappa shape index (κ2) is 5.10. The SMILES string of the molecule is Cc1cccc([NH+]=Cc2cc(Br)ccc2O)n1. The van der Waals surface area contributed by atoms with Gasteiger partial charge in [0.1, 0.15) is 11.4 Å². The molecule has 1 heterocycles. The molecule has 3 nitrogen and oxygen atoms in total. The number of aryl methyl sites for hydroxylation is 1. The van der Waals surface area contributed by atoms with Crippen molar-refractivity contribution >= 4 is 28.0 Å². The third-order valence-electron chi connectivity index (χ3n) is 2.25. The van der Waals surface area contributed by atoms with E-state index in [1.54, 1.807) is 18.3 Å². The molecule has 1 aromatic heterocycles. The van der Waals surface area contributed by atoms with Gasteiger partial charge in [-0.1, -0.05) is 15.9 Å². The zero-order valence-corrected chi connectivity index (χ0v) is 10.9. The number of halogens is 1. The van der Waals surface area contributed by atoms with Crippen molar-refractivity contribution in [3.63, 3.8) is 0 Å². The van der Waals surface area contributed by atoms with Crippen LogP contribution in [0.4, 0.5) is 5.82 Å². The average molecular weight is 292 g/mol. The number of hydrogen-bond acceptors (Lipinski definition) is 2. The number of nitrogens with one attached hydrogen (secondary N) is 1. The largest absolute Gasteiger partial charge is 0.507 e. The van der Waals surface area contributed by atoms with E-state index in [1.165, 1.54) is 0 Å². The van der Waals surface area contributed by atoms with E-state index in [9.17, 15) is 5.11 Å². The molecule has 0 bridgehead atoms. The molecule has 0 atom stereocenters. The first-order valence-electron chi connectivity index (χ1n) is 5.17. The summed E-state index contributed by atoms with van der Waals surface area (Å²) in [5.74, 6) is 0.984. The zero-order valence-electron chi connectivity index (χ0n) is 9.31. The fraction of sp³-hybridized carbons (Fsp3) is 0.0769. The second-order valence-corrected chi connectivity index (χ2v) is 4.57. The van der Waals surface area contributed by atoms with Crippen molar-refractivity contribution < 1.29 is 10.1 Å². The molecular weight excluding hydrogens is 280 g/mol. The van der Waals surface area contributed by atoms with Gasteiger partial charge < -0.3 is 5.11 Å². The monoisotopic (exact) mass is 291 g/mol. The van der Waals surface area contributed by atoms with Crippen LogP contribution in [0.1, 0.15) is 11.3 Å². The van der Waals surface area contributed by atoms with Crippen LogP contribution in [-0.4, -0.2) is 16.3 Å². The number of phenols is 1. The Morgan fingerprint density at radius 1 is 1.29 bits per heavy atom. The van der Waals surface area contributed by atoms with Crippen molar-refractivity contribution in [3.05, 3.63) is 52.1 Å². The summed E-state index contributed by atoms with van der Waals surface area (Å²) in [6.45, 7) is 1.93. The van der Waals surface area contributed by atoms with Crippen molar-refractivity contribution in [1.82, 2.24) is 4.98 Å². The molecule has 0 amide bonds. The van der Waals surface area contributed by atoms with Crippen molar-refractivity contribution in [2.24, 2.45) is 0 Å². The molecule has 0 spiro atoms. The van der Waals surface area contributed by atoms with Crippen LogP contribution in [0.2, 0.25) is 0 Å². The summed E-state index contributed by atoms with van der Waals surface area (Å²) in [7, 11) is 0. The molecule has 0 saturated heterocycles. The van der Waals surface area contributed by atoms with E-state index < -0.39 is 0 Å². The Hall–Kier alpha value is -1.68. The Kier molecular flexibility index (Phi) is 3.54. The summed E-state index contributed by atoms with van der Waals surface area (Å²) >= 11 is 3.36. The lowest BCUT2D eigenvalue weighted by Crippen LogP contribution is -2.62. The molecule has 1 aromatic carbocycles. The summed E-state index contributed by atoms with van der Waals surface area (Å²) < 4.78 is 0.917. The minimum Gasteiger partial charge on any atom is -0.507 e. The van der Waals surface area contributed by atoms with Crippen LogP contribution in [0.3, 0.4) is 0 Å². The Morgan fingerprint density at radius 3 is 2.88 bits per heavy atom. The highest BCUT2D eigenvalue weighted by atomic mass is 79.9. The topological polar surface area (TPSA) is 47.1 Å². The molecule has 0 saturated carbocycles. The molecule has 0 unspecified atom stereocenters. The standard InChI is InChI=1S/C13H11BrN2O/c1-9-3-2-4-13(16-9)15-8-10-7-11(14)5-6-12(10)17/h2-8,17H,1H3/p+1. The Morgan fingerprint density at radius 2 is 2.12 bits per heavy atom. The van der Waals surface area contributed by atoms with Crippen LogP contribution in [0.5, 0.6) is 5.75 Å². The van der Waals surface area contributed by atoms with Crippen molar-refractivity contribution in [2.45, 2.75) is 6.92 Å². The van der Waals surface area contributed by atoms with Crippen LogP contribution >= 0.6 is 15.9 Å². The van der Waals surface area contributed by atoms with Crippen molar-refractivity contribution in [1.29, 1.82) is 0 Å². The number of pyridine rings is 1. The van der Waals surface area contributed by atoms with Gasteiger partial charge in [0.15, 0.2) is 0 Å². The molecule has 2 rings (SSSR count). The maximum atomic E-state index is 9.66. The van der Waals surface area contributed by atoms with Gasteiger partial charge in [-0.3, -0.25) is 0 Å². The van der Waals surface area contributed by atoms with Crippen LogP contribution in [0, 0.1) is 6.92 Å². The van der Waals surface area contributed by atoms with E-state index in [0.717, 1.165) is 16.0 Å². The maximum Gasteiger partial charge on any atom is 0.321 e.